The van der Waals surface area contributed by atoms with Gasteiger partial charge in [0.2, 0.25) is 0 Å². The number of nitrogens with one attached hydrogen (secondary N) is 2. The Labute approximate surface area is 115 Å². The predicted octanol–water partition coefficient (Wildman–Crippen LogP) is 1.49. The number of carbonyl (C=O) groups is 1. The van der Waals surface area contributed by atoms with E-state index in [2.05, 4.69) is 4.74 Å². The highest BCUT2D eigenvalue weighted by Gasteiger charge is 2.18. The molecule has 0 spiro atoms. The molecule has 0 aliphatic carbocycles. The van der Waals surface area contributed by atoms with Crippen LogP contribution in [0.5, 0.6) is 0 Å². The molecule has 0 heterocycles. The van der Waals surface area contributed by atoms with Crippen molar-refractivity contribution in [1.29, 1.82) is 5.26 Å². The molecule has 2 N–H and O–H groups in total. The van der Waals surface area contributed by atoms with Crippen LogP contribution in [0.1, 0.15) is 19.4 Å². The SMILES string of the molecule is CC(C)OC(=O)NS(=O)(=O)Nc1ccc(F)cc1C#N. The summed E-state index contributed by atoms with van der Waals surface area (Å²) in [7, 11) is -4.27. The highest BCUT2D eigenvalue weighted by molar-refractivity contribution is 7.91. The van der Waals surface area contributed by atoms with Crippen LogP contribution in [0, 0.1) is 17.1 Å². The van der Waals surface area contributed by atoms with E-state index in [0.717, 1.165) is 18.2 Å². The Hall–Kier alpha value is -2.34. The number of hydrogen-bond donors (Lipinski definition) is 2. The first-order valence-corrected chi connectivity index (χ1v) is 6.92. The minimum Gasteiger partial charge on any atom is -0.446 e. The minimum absolute atomic E-state index is 0.154. The van der Waals surface area contributed by atoms with E-state index in [-0.39, 0.29) is 11.3 Å². The highest BCUT2D eigenvalue weighted by Crippen LogP contribution is 2.16. The molecule has 1 amide bonds. The fourth-order valence-electron chi connectivity index (χ4n) is 1.22. The molecule has 1 rings (SSSR count). The molecule has 0 unspecified atom stereocenters. The molecule has 1 aromatic rings. The van der Waals surface area contributed by atoms with Crippen molar-refractivity contribution in [3.63, 3.8) is 0 Å². The molecule has 0 aliphatic rings. The van der Waals surface area contributed by atoms with Gasteiger partial charge in [-0.15, -0.1) is 0 Å². The van der Waals surface area contributed by atoms with Crippen molar-refractivity contribution in [3.05, 3.63) is 29.6 Å². The van der Waals surface area contributed by atoms with Crippen LogP contribution in [0.3, 0.4) is 0 Å². The summed E-state index contributed by atoms with van der Waals surface area (Å²) in [5.74, 6) is -0.684. The van der Waals surface area contributed by atoms with Crippen molar-refractivity contribution in [2.75, 3.05) is 4.72 Å². The molecule has 9 heteroatoms. The maximum Gasteiger partial charge on any atom is 0.422 e. The Morgan fingerprint density at radius 2 is 2.10 bits per heavy atom. The molecule has 0 radical (unpaired) electrons. The van der Waals surface area contributed by atoms with Crippen molar-refractivity contribution in [3.8, 4) is 6.07 Å². The molecule has 0 atom stereocenters. The number of halogens is 1. The monoisotopic (exact) mass is 301 g/mol. The summed E-state index contributed by atoms with van der Waals surface area (Å²) in [5.41, 5.74) is -0.369. The van der Waals surface area contributed by atoms with Gasteiger partial charge in [0.05, 0.1) is 17.4 Å². The number of hydrogen-bond acceptors (Lipinski definition) is 5. The van der Waals surface area contributed by atoms with Crippen LogP contribution in [0.25, 0.3) is 0 Å². The molecular formula is C11H12FN3O4S. The zero-order valence-corrected chi connectivity index (χ0v) is 11.5. The average molecular weight is 301 g/mol. The maximum atomic E-state index is 12.9. The van der Waals surface area contributed by atoms with Crippen molar-refractivity contribution in [2.45, 2.75) is 20.0 Å². The third-order valence-electron chi connectivity index (χ3n) is 1.91. The van der Waals surface area contributed by atoms with E-state index in [4.69, 9.17) is 5.26 Å². The Morgan fingerprint density at radius 3 is 2.65 bits per heavy atom. The molecule has 0 saturated carbocycles. The van der Waals surface area contributed by atoms with Gasteiger partial charge in [0, 0.05) is 0 Å². The lowest BCUT2D eigenvalue weighted by atomic mass is 10.2. The van der Waals surface area contributed by atoms with E-state index >= 15 is 0 Å². The van der Waals surface area contributed by atoms with Gasteiger partial charge in [-0.25, -0.2) is 13.9 Å². The van der Waals surface area contributed by atoms with Crippen LogP contribution in [0.2, 0.25) is 0 Å². The molecule has 7 nitrogen and oxygen atoms in total. The highest BCUT2D eigenvalue weighted by atomic mass is 32.2. The van der Waals surface area contributed by atoms with Gasteiger partial charge in [-0.05, 0) is 32.0 Å². The fourth-order valence-corrected chi connectivity index (χ4v) is 2.00. The van der Waals surface area contributed by atoms with Crippen LogP contribution in [-0.2, 0) is 14.9 Å². The van der Waals surface area contributed by atoms with Crippen LogP contribution >= 0.6 is 0 Å². The lowest BCUT2D eigenvalue weighted by Crippen LogP contribution is -2.37. The Bertz CT molecular complexity index is 652. The number of benzene rings is 1. The smallest absolute Gasteiger partial charge is 0.422 e. The van der Waals surface area contributed by atoms with Gasteiger partial charge in [-0.3, -0.25) is 4.72 Å². The van der Waals surface area contributed by atoms with Crippen molar-refractivity contribution < 1.29 is 22.3 Å². The Morgan fingerprint density at radius 1 is 1.45 bits per heavy atom. The Kier molecular flexibility index (Phi) is 4.88. The molecule has 108 valence electrons. The number of carbonyl (C=O) groups excluding carboxylic acids is 1. The summed E-state index contributed by atoms with van der Waals surface area (Å²) >= 11 is 0. The summed E-state index contributed by atoms with van der Waals surface area (Å²) in [4.78, 5) is 11.2. The number of nitrogens with zero attached hydrogens (tertiary/aromatic N) is 1. The van der Waals surface area contributed by atoms with E-state index < -0.39 is 28.2 Å². The van der Waals surface area contributed by atoms with Gasteiger partial charge >= 0.3 is 16.3 Å². The zero-order valence-electron chi connectivity index (χ0n) is 10.7. The van der Waals surface area contributed by atoms with Gasteiger partial charge in [-0.2, -0.15) is 13.7 Å². The van der Waals surface area contributed by atoms with Gasteiger partial charge in [-0.1, -0.05) is 0 Å². The third-order valence-corrected chi connectivity index (χ3v) is 2.83. The second kappa shape index (κ2) is 6.21. The maximum absolute atomic E-state index is 12.9. The van der Waals surface area contributed by atoms with Crippen LogP contribution in [0.15, 0.2) is 18.2 Å². The molecule has 1 aromatic carbocycles. The van der Waals surface area contributed by atoms with Crippen LogP contribution < -0.4 is 9.44 Å². The van der Waals surface area contributed by atoms with Gasteiger partial charge in [0.25, 0.3) is 0 Å². The topological polar surface area (TPSA) is 108 Å². The number of amides is 1. The molecule has 0 aromatic heterocycles. The number of nitriles is 1. The first-order valence-electron chi connectivity index (χ1n) is 5.44. The summed E-state index contributed by atoms with van der Waals surface area (Å²) in [6, 6.07) is 4.55. The quantitative estimate of drug-likeness (QED) is 0.875. The summed E-state index contributed by atoms with van der Waals surface area (Å²) < 4.78 is 44.3. The largest absolute Gasteiger partial charge is 0.446 e. The average Bonchev–Trinajstić information content (AvgIpc) is 2.29. The van der Waals surface area contributed by atoms with Crippen LogP contribution in [-0.4, -0.2) is 20.6 Å². The van der Waals surface area contributed by atoms with Crippen LogP contribution in [0.4, 0.5) is 14.9 Å². The predicted molar refractivity (Wildman–Crippen MR) is 68.4 cm³/mol. The summed E-state index contributed by atoms with van der Waals surface area (Å²) in [6.07, 6.45) is -1.65. The van der Waals surface area contributed by atoms with E-state index in [9.17, 15) is 17.6 Å². The summed E-state index contributed by atoms with van der Waals surface area (Å²) in [5, 5.41) is 8.78. The first-order chi connectivity index (χ1) is 9.23. The van der Waals surface area contributed by atoms with E-state index in [1.165, 1.54) is 0 Å². The second-order valence-electron chi connectivity index (χ2n) is 3.96. The van der Waals surface area contributed by atoms with E-state index in [1.807, 2.05) is 4.72 Å². The normalized spacial score (nSPS) is 10.8. The summed E-state index contributed by atoms with van der Waals surface area (Å²) in [6.45, 7) is 3.10. The van der Waals surface area contributed by atoms with Crippen molar-refractivity contribution >= 4 is 22.0 Å². The molecule has 0 aliphatic heterocycles. The standard InChI is InChI=1S/C11H12FN3O4S/c1-7(2)19-11(16)15-20(17,18)14-10-4-3-9(12)5-8(10)6-13/h3-5,7,14H,1-2H3,(H,15,16). The molecule has 0 saturated heterocycles. The number of anilines is 1. The first kappa shape index (κ1) is 15.7. The Balaban J connectivity index is 2.87. The van der Waals surface area contributed by atoms with Gasteiger partial charge < -0.3 is 4.74 Å². The third kappa shape index (κ3) is 4.74. The number of ether oxygens (including phenoxy) is 1. The van der Waals surface area contributed by atoms with Crippen molar-refractivity contribution in [1.82, 2.24) is 4.72 Å². The fraction of sp³-hybridized carbons (Fsp3) is 0.273. The van der Waals surface area contributed by atoms with Gasteiger partial charge in [0.15, 0.2) is 0 Å². The van der Waals surface area contributed by atoms with Crippen molar-refractivity contribution in [2.24, 2.45) is 0 Å². The zero-order chi connectivity index (χ0) is 15.3. The second-order valence-corrected chi connectivity index (χ2v) is 5.38. The molecule has 20 heavy (non-hydrogen) atoms. The molecular weight excluding hydrogens is 289 g/mol. The molecule has 0 fully saturated rings. The van der Waals surface area contributed by atoms with Gasteiger partial charge in [0.1, 0.15) is 11.9 Å². The van der Waals surface area contributed by atoms with E-state index in [0.29, 0.717) is 0 Å². The minimum atomic E-state index is -4.27. The lowest BCUT2D eigenvalue weighted by molar-refractivity contribution is 0.121. The molecule has 0 bridgehead atoms. The number of rotatable bonds is 4. The lowest BCUT2D eigenvalue weighted by Gasteiger charge is -2.12. The van der Waals surface area contributed by atoms with E-state index in [1.54, 1.807) is 24.6 Å².